The molecule has 8 heteroatoms. The first-order chi connectivity index (χ1) is 16.3. The Morgan fingerprint density at radius 1 is 1.18 bits per heavy atom. The van der Waals surface area contributed by atoms with Crippen molar-refractivity contribution < 1.29 is 19.4 Å². The van der Waals surface area contributed by atoms with E-state index >= 15 is 0 Å². The van der Waals surface area contributed by atoms with Gasteiger partial charge in [-0.1, -0.05) is 36.4 Å². The number of primary amides is 1. The molecule has 1 aromatic heterocycles. The monoisotopic (exact) mass is 462 g/mol. The summed E-state index contributed by atoms with van der Waals surface area (Å²) in [4.78, 5) is 30.8. The molecule has 178 valence electrons. The zero-order chi connectivity index (χ0) is 24.3. The van der Waals surface area contributed by atoms with Gasteiger partial charge in [-0.25, -0.2) is 4.98 Å². The van der Waals surface area contributed by atoms with Crippen LogP contribution in [0.4, 0.5) is 0 Å². The van der Waals surface area contributed by atoms with Gasteiger partial charge in [0.2, 0.25) is 11.8 Å². The maximum atomic E-state index is 13.6. The summed E-state index contributed by atoms with van der Waals surface area (Å²) in [6, 6.07) is 14.8. The van der Waals surface area contributed by atoms with Crippen LogP contribution in [0.3, 0.4) is 0 Å². The second-order valence-electron chi connectivity index (χ2n) is 8.89. The van der Waals surface area contributed by atoms with Crippen LogP contribution in [0.1, 0.15) is 34.8 Å². The van der Waals surface area contributed by atoms with E-state index in [2.05, 4.69) is 4.98 Å². The Morgan fingerprint density at radius 3 is 2.53 bits per heavy atom. The first-order valence-electron chi connectivity index (χ1n) is 11.3. The third kappa shape index (κ3) is 4.97. The van der Waals surface area contributed by atoms with Gasteiger partial charge in [0.1, 0.15) is 17.4 Å². The van der Waals surface area contributed by atoms with Gasteiger partial charge in [0, 0.05) is 19.0 Å². The summed E-state index contributed by atoms with van der Waals surface area (Å²) in [7, 11) is 1.61. The Balaban J connectivity index is 1.54. The van der Waals surface area contributed by atoms with Crippen molar-refractivity contribution in [2.24, 2.45) is 5.73 Å². The van der Waals surface area contributed by atoms with Crippen LogP contribution in [-0.2, 0) is 28.0 Å². The maximum absolute atomic E-state index is 13.6. The molecule has 0 spiro atoms. The lowest BCUT2D eigenvalue weighted by Gasteiger charge is -2.48. The molecule has 0 bridgehead atoms. The molecule has 8 nitrogen and oxygen atoms in total. The number of amides is 2. The fraction of sp³-hybridized carbons (Fsp3) is 0.346. The van der Waals surface area contributed by atoms with Crippen molar-refractivity contribution in [3.8, 4) is 5.75 Å². The molecule has 1 fully saturated rings. The van der Waals surface area contributed by atoms with Gasteiger partial charge >= 0.3 is 0 Å². The number of nitrogens with two attached hydrogens (primary N) is 1. The van der Waals surface area contributed by atoms with Gasteiger partial charge in [-0.05, 0) is 42.2 Å². The van der Waals surface area contributed by atoms with Crippen LogP contribution in [0.15, 0.2) is 61.1 Å². The van der Waals surface area contributed by atoms with Crippen LogP contribution >= 0.6 is 0 Å². The van der Waals surface area contributed by atoms with Crippen LogP contribution in [0, 0.1) is 6.92 Å². The van der Waals surface area contributed by atoms with Crippen molar-refractivity contribution in [1.29, 1.82) is 0 Å². The van der Waals surface area contributed by atoms with E-state index in [0.717, 1.165) is 22.4 Å². The molecule has 1 aliphatic heterocycles. The zero-order valence-corrected chi connectivity index (χ0v) is 19.5. The molecule has 0 radical (unpaired) electrons. The number of rotatable bonds is 9. The number of ether oxygens (including phenoxy) is 1. The number of aliphatic hydroxyl groups is 1. The topological polar surface area (TPSA) is 111 Å². The van der Waals surface area contributed by atoms with E-state index in [1.54, 1.807) is 29.1 Å². The summed E-state index contributed by atoms with van der Waals surface area (Å²) >= 11 is 0. The highest BCUT2D eigenvalue weighted by atomic mass is 16.5. The average molecular weight is 463 g/mol. The van der Waals surface area contributed by atoms with E-state index in [1.807, 2.05) is 55.5 Å². The Bertz CT molecular complexity index is 1170. The number of aryl methyl sites for hydroxylation is 2. The van der Waals surface area contributed by atoms with Crippen LogP contribution in [0.2, 0.25) is 0 Å². The number of β-amino-alcohol motifs (C(OH)–C–C–N with tert-alkyl or cyclic N) is 1. The summed E-state index contributed by atoms with van der Waals surface area (Å²) in [5.41, 5.74) is 7.74. The molecule has 0 aliphatic carbocycles. The number of nitrogens with zero attached hydrogens (tertiary/aromatic N) is 3. The highest BCUT2D eigenvalue weighted by Crippen LogP contribution is 2.35. The number of imidazole rings is 1. The predicted octanol–water partition coefficient (Wildman–Crippen LogP) is 2.13. The molecule has 3 N–H and O–H groups in total. The molecule has 34 heavy (non-hydrogen) atoms. The number of likely N-dealkylation sites (tertiary alicyclic amines) is 1. The third-order valence-electron chi connectivity index (χ3n) is 6.38. The summed E-state index contributed by atoms with van der Waals surface area (Å²) in [6.45, 7) is 2.43. The molecule has 2 amide bonds. The average Bonchev–Trinajstić information content (AvgIpc) is 3.28. The van der Waals surface area contributed by atoms with Gasteiger partial charge in [0.05, 0.1) is 32.2 Å². The van der Waals surface area contributed by atoms with Crippen molar-refractivity contribution in [2.75, 3.05) is 20.2 Å². The van der Waals surface area contributed by atoms with Gasteiger partial charge in [-0.15, -0.1) is 0 Å². The lowest BCUT2D eigenvalue weighted by atomic mass is 9.83. The molecule has 1 atom stereocenters. The fourth-order valence-electron chi connectivity index (χ4n) is 4.45. The smallest absolute Gasteiger partial charge is 0.246 e. The third-order valence-corrected chi connectivity index (χ3v) is 6.38. The molecule has 0 saturated carbocycles. The Labute approximate surface area is 199 Å². The van der Waals surface area contributed by atoms with Crippen molar-refractivity contribution in [3.05, 3.63) is 83.4 Å². The minimum Gasteiger partial charge on any atom is -0.497 e. The van der Waals surface area contributed by atoms with Crippen molar-refractivity contribution >= 4 is 11.8 Å². The molecule has 1 saturated heterocycles. The van der Waals surface area contributed by atoms with E-state index in [4.69, 9.17) is 10.5 Å². The van der Waals surface area contributed by atoms with E-state index in [0.29, 0.717) is 18.5 Å². The van der Waals surface area contributed by atoms with Gasteiger partial charge < -0.3 is 25.0 Å². The number of carbonyl (C=O) groups excluding carboxylic acids is 2. The summed E-state index contributed by atoms with van der Waals surface area (Å²) < 4.78 is 7.02. The normalized spacial score (nSPS) is 15.4. The van der Waals surface area contributed by atoms with Crippen molar-refractivity contribution in [1.82, 2.24) is 14.5 Å². The largest absolute Gasteiger partial charge is 0.497 e. The summed E-state index contributed by atoms with van der Waals surface area (Å²) in [6.07, 6.45) is 4.48. The molecular weight excluding hydrogens is 432 g/mol. The van der Waals surface area contributed by atoms with Crippen LogP contribution in [-0.4, -0.2) is 51.6 Å². The minimum atomic E-state index is -1.05. The second-order valence-corrected chi connectivity index (χ2v) is 8.89. The highest BCUT2D eigenvalue weighted by Gasteiger charge is 2.47. The molecule has 3 aromatic rings. The Kier molecular flexibility index (Phi) is 6.70. The standard InChI is InChI=1S/C26H30N4O4/c1-18-5-3-4-6-22(18)26(33)15-30(16-26)25(32)23(13-19-7-10-21(34-2)11-8-19)29-14-20(28-17-29)9-12-24(27)31/h3-8,10-11,14,17,23,33H,9,12-13,15-16H2,1-2H3,(H2,27,31)/t23-/m1/s1. The van der Waals surface area contributed by atoms with Gasteiger partial charge in [-0.3, -0.25) is 9.59 Å². The molecule has 0 unspecified atom stereocenters. The summed E-state index contributed by atoms with van der Waals surface area (Å²) in [5.74, 6) is 0.262. The quantitative estimate of drug-likeness (QED) is 0.506. The second kappa shape index (κ2) is 9.69. The SMILES string of the molecule is COc1ccc(C[C@H](C(=O)N2CC(O)(c3ccccc3C)C2)n2cnc(CCC(N)=O)c2)cc1. The van der Waals surface area contributed by atoms with Crippen LogP contribution < -0.4 is 10.5 Å². The minimum absolute atomic E-state index is 0.0899. The van der Waals surface area contributed by atoms with Crippen molar-refractivity contribution in [3.63, 3.8) is 0 Å². The molecule has 2 aromatic carbocycles. The van der Waals surface area contributed by atoms with Crippen LogP contribution in [0.25, 0.3) is 0 Å². The maximum Gasteiger partial charge on any atom is 0.246 e. The number of carbonyl (C=O) groups is 2. The van der Waals surface area contributed by atoms with Crippen LogP contribution in [0.5, 0.6) is 5.75 Å². The van der Waals surface area contributed by atoms with Gasteiger partial charge in [0.25, 0.3) is 0 Å². The lowest BCUT2D eigenvalue weighted by molar-refractivity contribution is -0.160. The van der Waals surface area contributed by atoms with E-state index in [-0.39, 0.29) is 25.4 Å². The number of hydrogen-bond donors (Lipinski definition) is 2. The molecule has 4 rings (SSSR count). The first-order valence-corrected chi connectivity index (χ1v) is 11.3. The van der Waals surface area contributed by atoms with Gasteiger partial charge in [-0.2, -0.15) is 0 Å². The Morgan fingerprint density at radius 2 is 1.88 bits per heavy atom. The molecule has 2 heterocycles. The molecular formula is C26H30N4O4. The van der Waals surface area contributed by atoms with E-state index in [1.165, 1.54) is 0 Å². The number of benzene rings is 2. The Hall–Kier alpha value is -3.65. The number of aromatic nitrogens is 2. The molecule has 1 aliphatic rings. The first kappa shape index (κ1) is 23.5. The fourth-order valence-corrected chi connectivity index (χ4v) is 4.45. The predicted molar refractivity (Wildman–Crippen MR) is 127 cm³/mol. The number of methoxy groups -OCH3 is 1. The summed E-state index contributed by atoms with van der Waals surface area (Å²) in [5, 5.41) is 11.1. The van der Waals surface area contributed by atoms with E-state index in [9.17, 15) is 14.7 Å². The zero-order valence-electron chi connectivity index (χ0n) is 19.5. The highest BCUT2D eigenvalue weighted by molar-refractivity contribution is 5.82. The lowest BCUT2D eigenvalue weighted by Crippen LogP contribution is -2.62. The van der Waals surface area contributed by atoms with E-state index < -0.39 is 17.6 Å². The van der Waals surface area contributed by atoms with Crippen molar-refractivity contribution in [2.45, 2.75) is 37.8 Å². The number of hydrogen-bond acceptors (Lipinski definition) is 5. The van der Waals surface area contributed by atoms with Gasteiger partial charge in [0.15, 0.2) is 0 Å².